The summed E-state index contributed by atoms with van der Waals surface area (Å²) in [5.74, 6) is 0.734. The van der Waals surface area contributed by atoms with Gasteiger partial charge in [-0.3, -0.25) is 0 Å². The highest BCUT2D eigenvalue weighted by molar-refractivity contribution is 6.31. The molecule has 0 aromatic heterocycles. The van der Waals surface area contributed by atoms with Crippen LogP contribution in [-0.4, -0.2) is 59.9 Å². The Morgan fingerprint density at radius 3 is 2.47 bits per heavy atom. The van der Waals surface area contributed by atoms with Crippen LogP contribution in [0.4, 0.5) is 0 Å². The lowest BCUT2D eigenvalue weighted by Gasteiger charge is -2.40. The van der Waals surface area contributed by atoms with Crippen LogP contribution in [-0.2, 0) is 15.9 Å². The van der Waals surface area contributed by atoms with Crippen LogP contribution in [0.5, 0.6) is 5.75 Å². The van der Waals surface area contributed by atoms with Gasteiger partial charge in [-0.25, -0.2) is 0 Å². The summed E-state index contributed by atoms with van der Waals surface area (Å²) in [6, 6.07) is 12.9. The molecule has 1 saturated heterocycles. The van der Waals surface area contributed by atoms with Crippen molar-refractivity contribution in [1.82, 2.24) is 0 Å². The van der Waals surface area contributed by atoms with Crippen molar-refractivity contribution in [3.8, 4) is 5.75 Å². The van der Waals surface area contributed by atoms with E-state index in [0.717, 1.165) is 16.9 Å². The normalized spacial score (nSPS) is 26.4. The minimum atomic E-state index is -1.40. The average molecular weight is 436 g/mol. The Balaban J connectivity index is 1.76. The van der Waals surface area contributed by atoms with Crippen molar-refractivity contribution >= 4 is 17.8 Å². The maximum absolute atomic E-state index is 10.4. The summed E-state index contributed by atoms with van der Waals surface area (Å²) in [6.45, 7) is 0.462. The topological polar surface area (TPSA) is 112 Å². The Bertz CT molecular complexity index is 844. The molecular weight excluding hydrogens is 410 g/mol. The summed E-state index contributed by atoms with van der Waals surface area (Å²) in [4.78, 5) is 0. The van der Waals surface area contributed by atoms with Gasteiger partial charge in [0.2, 0.25) is 0 Å². The number of aliphatic hydroxyl groups is 3. The third-order valence-electron chi connectivity index (χ3n) is 5.05. The predicted molar refractivity (Wildman–Crippen MR) is 112 cm³/mol. The first-order valence-corrected chi connectivity index (χ1v) is 10.0. The van der Waals surface area contributed by atoms with Crippen molar-refractivity contribution in [2.24, 2.45) is 0 Å². The van der Waals surface area contributed by atoms with E-state index in [1.807, 2.05) is 30.3 Å². The molecule has 4 N–H and O–H groups in total. The van der Waals surface area contributed by atoms with Crippen LogP contribution < -0.4 is 4.74 Å². The smallest absolute Gasteiger partial charge is 0.186 e. The molecule has 8 heteroatoms. The van der Waals surface area contributed by atoms with Gasteiger partial charge in [-0.1, -0.05) is 35.9 Å². The van der Waals surface area contributed by atoms with Crippen LogP contribution in [0.2, 0.25) is 5.02 Å². The molecule has 5 atom stereocenters. The first kappa shape index (κ1) is 22.7. The fourth-order valence-electron chi connectivity index (χ4n) is 3.38. The largest absolute Gasteiger partial charge is 0.493 e. The van der Waals surface area contributed by atoms with Gasteiger partial charge < -0.3 is 34.9 Å². The van der Waals surface area contributed by atoms with E-state index in [2.05, 4.69) is 0 Å². The van der Waals surface area contributed by atoms with Gasteiger partial charge in [0.15, 0.2) is 6.29 Å². The van der Waals surface area contributed by atoms with Gasteiger partial charge in [0.25, 0.3) is 0 Å². The zero-order valence-corrected chi connectivity index (χ0v) is 17.3. The number of methoxy groups -OCH3 is 1. The summed E-state index contributed by atoms with van der Waals surface area (Å²) in [5.41, 5.74) is 2.47. The molecule has 1 fully saturated rings. The van der Waals surface area contributed by atoms with Crippen molar-refractivity contribution in [1.29, 1.82) is 5.41 Å². The predicted octanol–water partition coefficient (Wildman–Crippen LogP) is 2.48. The monoisotopic (exact) mass is 435 g/mol. The number of hydrogen-bond donors (Lipinski definition) is 4. The van der Waals surface area contributed by atoms with Crippen LogP contribution in [0.3, 0.4) is 0 Å². The molecule has 2 aromatic carbocycles. The summed E-state index contributed by atoms with van der Waals surface area (Å²) in [6.07, 6.45) is -3.53. The van der Waals surface area contributed by atoms with Crippen LogP contribution in [0.1, 0.15) is 29.2 Å². The van der Waals surface area contributed by atoms with E-state index < -0.39 is 30.7 Å². The van der Waals surface area contributed by atoms with Crippen molar-refractivity contribution in [3.63, 3.8) is 0 Å². The Hall–Kier alpha value is -2.00. The molecule has 2 unspecified atom stereocenters. The highest BCUT2D eigenvalue weighted by Crippen LogP contribution is 2.34. The number of hydrogen-bond acceptors (Lipinski definition) is 7. The molecule has 0 radical (unpaired) electrons. The molecule has 0 amide bonds. The molecule has 0 spiro atoms. The van der Waals surface area contributed by atoms with Gasteiger partial charge in [-0.2, -0.15) is 0 Å². The molecule has 0 bridgehead atoms. The van der Waals surface area contributed by atoms with Crippen molar-refractivity contribution < 1.29 is 29.5 Å². The molecular formula is C22H26ClNO6. The highest BCUT2D eigenvalue weighted by Gasteiger charge is 2.44. The van der Waals surface area contributed by atoms with Gasteiger partial charge in [-0.05, 0) is 47.5 Å². The Kier molecular flexibility index (Phi) is 7.82. The summed E-state index contributed by atoms with van der Waals surface area (Å²) < 4.78 is 16.3. The number of nitrogens with one attached hydrogen (secondary N) is 1. The van der Waals surface area contributed by atoms with E-state index in [1.165, 1.54) is 13.3 Å². The van der Waals surface area contributed by atoms with E-state index in [9.17, 15) is 15.3 Å². The van der Waals surface area contributed by atoms with Gasteiger partial charge in [0.1, 0.15) is 30.2 Å². The molecule has 1 heterocycles. The van der Waals surface area contributed by atoms with Crippen molar-refractivity contribution in [2.75, 3.05) is 13.7 Å². The minimum absolute atomic E-state index is 0.462. The van der Waals surface area contributed by atoms with E-state index in [1.54, 1.807) is 12.1 Å². The first-order chi connectivity index (χ1) is 14.4. The fraction of sp³-hybridized carbons (Fsp3) is 0.409. The Morgan fingerprint density at radius 1 is 1.07 bits per heavy atom. The molecule has 7 nitrogen and oxygen atoms in total. The number of ether oxygens (including phenoxy) is 3. The number of halogens is 1. The van der Waals surface area contributed by atoms with Crippen LogP contribution in [0, 0.1) is 5.41 Å². The lowest BCUT2D eigenvalue weighted by Crippen LogP contribution is -2.54. The molecule has 162 valence electrons. The Morgan fingerprint density at radius 2 is 1.80 bits per heavy atom. The average Bonchev–Trinajstić information content (AvgIpc) is 2.75. The quantitative estimate of drug-likeness (QED) is 0.374. The van der Waals surface area contributed by atoms with E-state index in [0.29, 0.717) is 30.0 Å². The highest BCUT2D eigenvalue weighted by atomic mass is 35.5. The minimum Gasteiger partial charge on any atom is -0.493 e. The van der Waals surface area contributed by atoms with Crippen LogP contribution >= 0.6 is 11.6 Å². The summed E-state index contributed by atoms with van der Waals surface area (Å²) in [5, 5.41) is 38.1. The van der Waals surface area contributed by atoms with Crippen LogP contribution in [0.25, 0.3) is 0 Å². The second-order valence-electron chi connectivity index (χ2n) is 7.15. The van der Waals surface area contributed by atoms with Gasteiger partial charge in [-0.15, -0.1) is 0 Å². The zero-order chi connectivity index (χ0) is 21.7. The maximum Gasteiger partial charge on any atom is 0.186 e. The second kappa shape index (κ2) is 10.3. The number of rotatable bonds is 8. The molecule has 2 aromatic rings. The number of benzene rings is 2. The molecule has 0 aliphatic carbocycles. The van der Waals surface area contributed by atoms with Gasteiger partial charge >= 0.3 is 0 Å². The SMILES string of the molecule is CO[C@H]1OC(c2ccc(Cl)c(Cc3ccc(OCCC=N)cc3)c2)C(O)[C@@H](O)[C@@H]1O. The molecule has 3 rings (SSSR count). The van der Waals surface area contributed by atoms with Crippen molar-refractivity contribution in [2.45, 2.75) is 43.5 Å². The third kappa shape index (κ3) is 5.18. The fourth-order valence-corrected chi connectivity index (χ4v) is 3.57. The lowest BCUT2D eigenvalue weighted by molar-refractivity contribution is -0.292. The van der Waals surface area contributed by atoms with Crippen molar-refractivity contribution in [3.05, 3.63) is 64.2 Å². The standard InChI is InChI=1S/C22H26ClNO6/c1-28-22-20(27)18(25)19(26)21(30-22)14-5-8-17(23)15(12-14)11-13-3-6-16(7-4-13)29-10-2-9-24/h3-9,12,18-22,24-27H,2,10-11H2,1H3/t18-,19?,20+,21?,22+/m1/s1. The second-order valence-corrected chi connectivity index (χ2v) is 7.55. The van der Waals surface area contributed by atoms with Gasteiger partial charge in [0.05, 0.1) is 6.61 Å². The third-order valence-corrected chi connectivity index (χ3v) is 5.42. The summed E-state index contributed by atoms with van der Waals surface area (Å²) >= 11 is 6.38. The summed E-state index contributed by atoms with van der Waals surface area (Å²) in [7, 11) is 1.36. The molecule has 1 aliphatic rings. The Labute approximate surface area is 180 Å². The van der Waals surface area contributed by atoms with E-state index in [4.69, 9.17) is 31.2 Å². The molecule has 1 aliphatic heterocycles. The van der Waals surface area contributed by atoms with Crippen LogP contribution in [0.15, 0.2) is 42.5 Å². The van der Waals surface area contributed by atoms with E-state index >= 15 is 0 Å². The zero-order valence-electron chi connectivity index (χ0n) is 16.6. The molecule has 0 saturated carbocycles. The first-order valence-electron chi connectivity index (χ1n) is 9.66. The number of aliphatic hydroxyl groups excluding tert-OH is 3. The van der Waals surface area contributed by atoms with E-state index in [-0.39, 0.29) is 0 Å². The maximum atomic E-state index is 10.4. The molecule has 30 heavy (non-hydrogen) atoms. The van der Waals surface area contributed by atoms with Gasteiger partial charge in [0, 0.05) is 18.6 Å². The lowest BCUT2D eigenvalue weighted by atomic mass is 9.92.